The first-order valence-electron chi connectivity index (χ1n) is 11.4. The van der Waals surface area contributed by atoms with Crippen molar-refractivity contribution >= 4 is 0 Å². The Morgan fingerprint density at radius 1 is 1.00 bits per heavy atom. The van der Waals surface area contributed by atoms with Gasteiger partial charge in [0.1, 0.15) is 0 Å². The maximum absolute atomic E-state index is 13.3. The van der Waals surface area contributed by atoms with Gasteiger partial charge in [-0.1, -0.05) is 36.4 Å². The quantitative estimate of drug-likeness (QED) is 0.155. The van der Waals surface area contributed by atoms with Crippen LogP contribution in [0.5, 0.6) is 0 Å². The Morgan fingerprint density at radius 2 is 1.53 bits per heavy atom. The SMILES string of the molecule is C=CCC1([N+](=O)[O-])CCC(CO[C@H](C)c2cc(C(F)(F)F)cc(C(F)(F)F)c2)(c2ccccc2)CC1. The van der Waals surface area contributed by atoms with Crippen LogP contribution in [0.3, 0.4) is 0 Å². The third-order valence-electron chi connectivity index (χ3n) is 7.12. The predicted molar refractivity (Wildman–Crippen MR) is 122 cm³/mol. The van der Waals surface area contributed by atoms with Gasteiger partial charge in [-0.25, -0.2) is 0 Å². The second-order valence-corrected chi connectivity index (χ2v) is 9.41. The number of hydrogen-bond donors (Lipinski definition) is 0. The second kappa shape index (κ2) is 10.2. The lowest BCUT2D eigenvalue weighted by Gasteiger charge is -2.42. The van der Waals surface area contributed by atoms with E-state index >= 15 is 0 Å². The summed E-state index contributed by atoms with van der Waals surface area (Å²) in [6.45, 7) is 5.01. The van der Waals surface area contributed by atoms with Crippen LogP contribution in [0.25, 0.3) is 0 Å². The largest absolute Gasteiger partial charge is 0.416 e. The Balaban J connectivity index is 1.90. The van der Waals surface area contributed by atoms with Gasteiger partial charge in [-0.2, -0.15) is 26.3 Å². The Bertz CT molecular complexity index is 1040. The van der Waals surface area contributed by atoms with E-state index in [1.54, 1.807) is 0 Å². The molecular formula is C26H27F6NO3. The number of alkyl halides is 6. The standard InChI is InChI=1S/C26H27F6NO3/c1-3-9-24(33(34)35)12-10-23(11-13-24,20-7-5-4-6-8-20)17-36-18(2)19-14-21(25(27,28)29)16-22(15-19)26(30,31)32/h3-8,14-16,18H,1,9-13,17H2,2H3/t18-,23?,24?/m1/s1. The van der Waals surface area contributed by atoms with Gasteiger partial charge in [0.25, 0.3) is 0 Å². The fraction of sp³-hybridized carbons (Fsp3) is 0.462. The fourth-order valence-corrected chi connectivity index (χ4v) is 4.83. The van der Waals surface area contributed by atoms with Gasteiger partial charge in [0, 0.05) is 29.6 Å². The van der Waals surface area contributed by atoms with E-state index in [0.29, 0.717) is 25.0 Å². The van der Waals surface area contributed by atoms with Crippen LogP contribution in [0.1, 0.15) is 67.4 Å². The average Bonchev–Trinajstić information content (AvgIpc) is 2.83. The number of hydrogen-bond acceptors (Lipinski definition) is 3. The molecule has 10 heteroatoms. The second-order valence-electron chi connectivity index (χ2n) is 9.41. The fourth-order valence-electron chi connectivity index (χ4n) is 4.83. The Kier molecular flexibility index (Phi) is 7.88. The molecule has 0 saturated heterocycles. The molecule has 0 N–H and O–H groups in total. The van der Waals surface area contributed by atoms with Gasteiger partial charge >= 0.3 is 12.4 Å². The van der Waals surface area contributed by atoms with Gasteiger partial charge in [-0.05, 0) is 49.1 Å². The third kappa shape index (κ3) is 5.91. The maximum Gasteiger partial charge on any atom is 0.416 e. The molecule has 1 fully saturated rings. The first-order chi connectivity index (χ1) is 16.7. The van der Waals surface area contributed by atoms with Crippen molar-refractivity contribution in [2.75, 3.05) is 6.61 Å². The van der Waals surface area contributed by atoms with E-state index in [4.69, 9.17) is 4.74 Å². The molecule has 0 heterocycles. The Labute approximate surface area is 205 Å². The van der Waals surface area contributed by atoms with Crippen molar-refractivity contribution in [1.29, 1.82) is 0 Å². The van der Waals surface area contributed by atoms with Gasteiger partial charge in [0.15, 0.2) is 0 Å². The van der Waals surface area contributed by atoms with E-state index in [9.17, 15) is 36.5 Å². The van der Waals surface area contributed by atoms with E-state index in [-0.39, 0.29) is 42.4 Å². The Morgan fingerprint density at radius 3 is 1.97 bits per heavy atom. The molecule has 1 aliphatic carbocycles. The molecule has 0 radical (unpaired) electrons. The molecular weight excluding hydrogens is 488 g/mol. The predicted octanol–water partition coefficient (Wildman–Crippen LogP) is 7.91. The molecule has 0 unspecified atom stereocenters. The molecule has 0 bridgehead atoms. The van der Waals surface area contributed by atoms with E-state index < -0.39 is 40.5 Å². The smallest absolute Gasteiger partial charge is 0.373 e. The lowest BCUT2D eigenvalue weighted by atomic mass is 9.64. The first kappa shape index (κ1) is 27.7. The molecule has 0 spiro atoms. The molecule has 0 aliphatic heterocycles. The van der Waals surface area contributed by atoms with Crippen molar-refractivity contribution in [3.8, 4) is 0 Å². The first-order valence-corrected chi connectivity index (χ1v) is 11.4. The van der Waals surface area contributed by atoms with Crippen LogP contribution in [0.15, 0.2) is 61.2 Å². The van der Waals surface area contributed by atoms with Crippen LogP contribution in [-0.2, 0) is 22.5 Å². The normalized spacial score (nSPS) is 23.8. The third-order valence-corrected chi connectivity index (χ3v) is 7.12. The summed E-state index contributed by atoms with van der Waals surface area (Å²) in [6, 6.07) is 10.5. The summed E-state index contributed by atoms with van der Waals surface area (Å²) in [6.07, 6.45) is -8.06. The molecule has 196 valence electrons. The lowest BCUT2D eigenvalue weighted by Crippen LogP contribution is -2.48. The highest BCUT2D eigenvalue weighted by Gasteiger charge is 2.50. The lowest BCUT2D eigenvalue weighted by molar-refractivity contribution is -0.575. The van der Waals surface area contributed by atoms with Gasteiger partial charge in [0.2, 0.25) is 5.54 Å². The van der Waals surface area contributed by atoms with Gasteiger partial charge in [-0.3, -0.25) is 10.1 Å². The minimum atomic E-state index is -4.96. The molecule has 0 amide bonds. The minimum absolute atomic E-state index is 0.0162. The summed E-state index contributed by atoms with van der Waals surface area (Å²) in [5.74, 6) is 0. The Hall–Kier alpha value is -2.88. The summed E-state index contributed by atoms with van der Waals surface area (Å²) in [4.78, 5) is 11.6. The zero-order valence-corrected chi connectivity index (χ0v) is 19.7. The molecule has 2 aromatic carbocycles. The molecule has 1 saturated carbocycles. The molecule has 3 rings (SSSR count). The number of benzene rings is 2. The molecule has 4 nitrogen and oxygen atoms in total. The van der Waals surface area contributed by atoms with Crippen LogP contribution in [-0.4, -0.2) is 17.1 Å². The maximum atomic E-state index is 13.3. The number of nitrogens with zero attached hydrogens (tertiary/aromatic N) is 1. The van der Waals surface area contributed by atoms with Gasteiger partial charge < -0.3 is 4.74 Å². The minimum Gasteiger partial charge on any atom is -0.373 e. The van der Waals surface area contributed by atoms with E-state index in [2.05, 4.69) is 6.58 Å². The molecule has 1 atom stereocenters. The van der Waals surface area contributed by atoms with E-state index in [1.165, 1.54) is 13.0 Å². The van der Waals surface area contributed by atoms with Crippen molar-refractivity contribution in [2.24, 2.45) is 0 Å². The monoisotopic (exact) mass is 515 g/mol. The van der Waals surface area contributed by atoms with Crippen LogP contribution >= 0.6 is 0 Å². The van der Waals surface area contributed by atoms with E-state index in [1.807, 2.05) is 30.3 Å². The summed E-state index contributed by atoms with van der Waals surface area (Å²) < 4.78 is 85.7. The van der Waals surface area contributed by atoms with Crippen LogP contribution < -0.4 is 0 Å². The number of nitro groups is 1. The summed E-state index contributed by atoms with van der Waals surface area (Å²) >= 11 is 0. The van der Waals surface area contributed by atoms with Crippen molar-refractivity contribution in [3.63, 3.8) is 0 Å². The summed E-state index contributed by atoms with van der Waals surface area (Å²) in [5.41, 5.74) is -4.04. The number of halogens is 6. The summed E-state index contributed by atoms with van der Waals surface area (Å²) in [5, 5.41) is 11.8. The number of ether oxygens (including phenoxy) is 1. The average molecular weight is 515 g/mol. The number of rotatable bonds is 8. The van der Waals surface area contributed by atoms with Crippen molar-refractivity contribution < 1.29 is 36.0 Å². The van der Waals surface area contributed by atoms with Crippen molar-refractivity contribution in [2.45, 2.75) is 68.4 Å². The van der Waals surface area contributed by atoms with Crippen LogP contribution in [0.4, 0.5) is 26.3 Å². The topological polar surface area (TPSA) is 52.4 Å². The zero-order chi connectivity index (χ0) is 26.8. The zero-order valence-electron chi connectivity index (χ0n) is 19.7. The summed E-state index contributed by atoms with van der Waals surface area (Å²) in [7, 11) is 0. The van der Waals surface area contributed by atoms with Crippen LogP contribution in [0.2, 0.25) is 0 Å². The van der Waals surface area contributed by atoms with Gasteiger partial charge in [-0.15, -0.1) is 6.58 Å². The van der Waals surface area contributed by atoms with Crippen LogP contribution in [0, 0.1) is 10.1 Å². The molecule has 1 aliphatic rings. The van der Waals surface area contributed by atoms with Gasteiger partial charge in [0.05, 0.1) is 23.8 Å². The highest BCUT2D eigenvalue weighted by Crippen LogP contribution is 2.47. The highest BCUT2D eigenvalue weighted by molar-refractivity contribution is 5.35. The highest BCUT2D eigenvalue weighted by atomic mass is 19.4. The van der Waals surface area contributed by atoms with E-state index in [0.717, 1.165) is 5.56 Å². The van der Waals surface area contributed by atoms with Crippen molar-refractivity contribution in [3.05, 3.63) is 93.6 Å². The molecule has 36 heavy (non-hydrogen) atoms. The van der Waals surface area contributed by atoms with Crippen molar-refractivity contribution in [1.82, 2.24) is 0 Å². The molecule has 2 aromatic rings. The molecule has 0 aromatic heterocycles.